The van der Waals surface area contributed by atoms with E-state index in [-0.39, 0.29) is 0 Å². The summed E-state index contributed by atoms with van der Waals surface area (Å²) in [5.41, 5.74) is 0. The Morgan fingerprint density at radius 3 is 0.700 bits per heavy atom. The van der Waals surface area contributed by atoms with Crippen molar-refractivity contribution in [1.29, 1.82) is 0 Å². The summed E-state index contributed by atoms with van der Waals surface area (Å²) in [5.74, 6) is 0. The van der Waals surface area contributed by atoms with Crippen molar-refractivity contribution >= 4 is 8.25 Å². The second-order valence-electron chi connectivity index (χ2n) is 8.34. The molecular weight excluding hydrogens is 395 g/mol. The molecule has 30 heavy (non-hydrogen) atoms. The van der Waals surface area contributed by atoms with Gasteiger partial charge in [-0.2, -0.15) is 0 Å². The normalized spacial score (nSPS) is 10.5. The van der Waals surface area contributed by atoms with Crippen LogP contribution in [0.25, 0.3) is 0 Å². The van der Waals surface area contributed by atoms with Crippen molar-refractivity contribution in [3.05, 3.63) is 0 Å². The molecule has 2 N–H and O–H groups in total. The summed E-state index contributed by atoms with van der Waals surface area (Å²) >= 11 is 0. The molecular formula is C24H56N2O3P+. The molecule has 0 spiro atoms. The maximum Gasteiger partial charge on any atom is 0.276 e. The maximum atomic E-state index is 8.48. The van der Waals surface area contributed by atoms with E-state index >= 15 is 0 Å². The van der Waals surface area contributed by atoms with Crippen LogP contribution in [0.2, 0.25) is 0 Å². The molecule has 0 aromatic heterocycles. The van der Waals surface area contributed by atoms with Gasteiger partial charge in [-0.25, -0.2) is 0 Å². The molecule has 0 saturated carbocycles. The molecule has 0 unspecified atom stereocenters. The molecule has 0 aliphatic heterocycles. The second kappa shape index (κ2) is 31.1. The van der Waals surface area contributed by atoms with Gasteiger partial charge in [0.2, 0.25) is 0 Å². The molecule has 0 saturated heterocycles. The van der Waals surface area contributed by atoms with Crippen LogP contribution in [-0.4, -0.2) is 39.3 Å². The topological polar surface area (TPSA) is 72.1 Å². The Labute approximate surface area is 190 Å². The number of hydrogen-bond acceptors (Lipinski definition) is 3. The SMILES string of the molecule is CCCC[NH+](CCCC)CCCC.CCCC[NH+](CCCC)CCCC.O=[P+]([O-])[O-]. The molecule has 0 aromatic carbocycles. The molecule has 0 heterocycles. The average Bonchev–Trinajstić information content (AvgIpc) is 2.72. The molecule has 6 heteroatoms. The van der Waals surface area contributed by atoms with Crippen molar-refractivity contribution in [2.24, 2.45) is 0 Å². The summed E-state index contributed by atoms with van der Waals surface area (Å²) in [4.78, 5) is 20.6. The quantitative estimate of drug-likeness (QED) is 0.315. The zero-order valence-electron chi connectivity index (χ0n) is 21.4. The Hall–Kier alpha value is -0.0600. The predicted octanol–water partition coefficient (Wildman–Crippen LogP) is 2.91. The zero-order valence-corrected chi connectivity index (χ0v) is 22.3. The van der Waals surface area contributed by atoms with Gasteiger partial charge in [0.05, 0.1) is 39.3 Å². The second-order valence-corrected chi connectivity index (χ2v) is 8.79. The average molecular weight is 452 g/mol. The maximum absolute atomic E-state index is 8.48. The van der Waals surface area contributed by atoms with Crippen LogP contribution < -0.4 is 19.6 Å². The van der Waals surface area contributed by atoms with Crippen LogP contribution in [0.15, 0.2) is 0 Å². The van der Waals surface area contributed by atoms with Gasteiger partial charge in [-0.05, 0) is 38.5 Å². The molecule has 0 atom stereocenters. The Morgan fingerprint density at radius 2 is 0.600 bits per heavy atom. The number of nitrogens with one attached hydrogen (secondary N) is 2. The summed E-state index contributed by atoms with van der Waals surface area (Å²) in [6.45, 7) is 22.1. The van der Waals surface area contributed by atoms with E-state index < -0.39 is 8.25 Å². The first-order valence-corrected chi connectivity index (χ1v) is 14.0. The van der Waals surface area contributed by atoms with Gasteiger partial charge in [-0.3, -0.25) is 0 Å². The van der Waals surface area contributed by atoms with Crippen LogP contribution in [0.3, 0.4) is 0 Å². The largest absolute Gasteiger partial charge is 0.598 e. The van der Waals surface area contributed by atoms with Gasteiger partial charge < -0.3 is 19.6 Å². The van der Waals surface area contributed by atoms with E-state index in [1.165, 1.54) is 116 Å². The summed E-state index contributed by atoms with van der Waals surface area (Å²) < 4.78 is 8.48. The van der Waals surface area contributed by atoms with E-state index in [1.54, 1.807) is 0 Å². The minimum Gasteiger partial charge on any atom is -0.598 e. The van der Waals surface area contributed by atoms with Crippen LogP contribution in [0.4, 0.5) is 0 Å². The van der Waals surface area contributed by atoms with Crippen LogP contribution in [0, 0.1) is 0 Å². The molecule has 184 valence electrons. The Kier molecular flexibility index (Phi) is 35.8. The number of unbranched alkanes of at least 4 members (excludes halogenated alkanes) is 6. The van der Waals surface area contributed by atoms with Crippen LogP contribution in [-0.2, 0) is 4.57 Å². The summed E-state index contributed by atoms with van der Waals surface area (Å²) in [7, 11) is -3.37. The number of quaternary nitrogens is 2. The zero-order chi connectivity index (χ0) is 23.5. The van der Waals surface area contributed by atoms with Gasteiger partial charge >= 0.3 is 0 Å². The van der Waals surface area contributed by atoms with E-state index in [0.29, 0.717) is 0 Å². The fourth-order valence-corrected chi connectivity index (χ4v) is 3.31. The van der Waals surface area contributed by atoms with E-state index in [4.69, 9.17) is 14.4 Å². The third kappa shape index (κ3) is 35.4. The number of hydrogen-bond donors (Lipinski definition) is 2. The monoisotopic (exact) mass is 451 g/mol. The van der Waals surface area contributed by atoms with Crippen LogP contribution >= 0.6 is 8.25 Å². The minimum atomic E-state index is -3.37. The third-order valence-electron chi connectivity index (χ3n) is 5.30. The minimum absolute atomic E-state index is 1.35. The smallest absolute Gasteiger partial charge is 0.276 e. The summed E-state index contributed by atoms with van der Waals surface area (Å²) in [5, 5.41) is 0. The van der Waals surface area contributed by atoms with Gasteiger partial charge in [-0.1, -0.05) is 84.6 Å². The first-order chi connectivity index (χ1) is 14.4. The van der Waals surface area contributed by atoms with Crippen molar-refractivity contribution in [2.75, 3.05) is 39.3 Å². The summed E-state index contributed by atoms with van der Waals surface area (Å²) in [6.07, 6.45) is 16.5. The molecule has 0 radical (unpaired) electrons. The van der Waals surface area contributed by atoms with E-state index in [2.05, 4.69) is 41.5 Å². The van der Waals surface area contributed by atoms with E-state index in [9.17, 15) is 0 Å². The molecule has 0 bridgehead atoms. The highest BCUT2D eigenvalue weighted by Gasteiger charge is 2.06. The van der Waals surface area contributed by atoms with Gasteiger partial charge in [0, 0.05) is 0 Å². The highest BCUT2D eigenvalue weighted by atomic mass is 31.1. The molecule has 0 aliphatic rings. The van der Waals surface area contributed by atoms with Gasteiger partial charge in [0.25, 0.3) is 8.25 Å². The lowest BCUT2D eigenvalue weighted by molar-refractivity contribution is -0.900. The molecule has 0 aromatic rings. The predicted molar refractivity (Wildman–Crippen MR) is 128 cm³/mol. The molecule has 0 fully saturated rings. The van der Waals surface area contributed by atoms with Crippen molar-refractivity contribution in [2.45, 2.75) is 119 Å². The molecule has 0 amide bonds. The van der Waals surface area contributed by atoms with Gasteiger partial charge in [-0.15, -0.1) is 0 Å². The van der Waals surface area contributed by atoms with Crippen molar-refractivity contribution in [3.63, 3.8) is 0 Å². The van der Waals surface area contributed by atoms with Crippen LogP contribution in [0.5, 0.6) is 0 Å². The lowest BCUT2D eigenvalue weighted by Crippen LogP contribution is -3.12. The highest BCUT2D eigenvalue weighted by Crippen LogP contribution is 1.87. The number of rotatable bonds is 18. The van der Waals surface area contributed by atoms with Crippen molar-refractivity contribution in [3.8, 4) is 0 Å². The Morgan fingerprint density at radius 1 is 0.467 bits per heavy atom. The Bertz CT molecular complexity index is 255. The lowest BCUT2D eigenvalue weighted by atomic mass is 10.2. The Balaban J connectivity index is -0.000000412. The van der Waals surface area contributed by atoms with E-state index in [0.717, 1.165) is 0 Å². The van der Waals surface area contributed by atoms with Crippen molar-refractivity contribution < 1.29 is 24.2 Å². The first kappa shape index (κ1) is 34.6. The van der Waals surface area contributed by atoms with Crippen molar-refractivity contribution in [1.82, 2.24) is 0 Å². The first-order valence-electron chi connectivity index (χ1n) is 12.9. The molecule has 0 aliphatic carbocycles. The van der Waals surface area contributed by atoms with Crippen LogP contribution in [0.1, 0.15) is 119 Å². The van der Waals surface area contributed by atoms with Gasteiger partial charge in [0.15, 0.2) is 0 Å². The lowest BCUT2D eigenvalue weighted by Gasteiger charge is -2.18. The fourth-order valence-electron chi connectivity index (χ4n) is 3.31. The third-order valence-corrected chi connectivity index (χ3v) is 5.30. The molecule has 5 nitrogen and oxygen atoms in total. The standard InChI is InChI=1S/2C12H27N.HO3P/c2*1-4-7-10-13(11-8-5-2)12-9-6-3;1-4(2)3/h2*4-12H2,1-3H3;(H,1,2,3)/p+1. The highest BCUT2D eigenvalue weighted by molar-refractivity contribution is 7.27. The fraction of sp³-hybridized carbons (Fsp3) is 1.00. The van der Waals surface area contributed by atoms with E-state index in [1.807, 2.05) is 9.80 Å². The molecule has 0 rings (SSSR count). The summed E-state index contributed by atoms with van der Waals surface area (Å²) in [6, 6.07) is 0. The van der Waals surface area contributed by atoms with Gasteiger partial charge in [0.1, 0.15) is 0 Å².